The molecule has 0 unspecified atom stereocenters. The minimum atomic E-state index is -4.41. The van der Waals surface area contributed by atoms with Crippen LogP contribution in [-0.2, 0) is 6.18 Å². The number of hydrogen-bond acceptors (Lipinski definition) is 1. The van der Waals surface area contributed by atoms with E-state index in [-0.39, 0.29) is 5.56 Å². The Morgan fingerprint density at radius 3 is 2.05 bits per heavy atom. The van der Waals surface area contributed by atoms with Gasteiger partial charge in [0, 0.05) is 11.1 Å². The summed E-state index contributed by atoms with van der Waals surface area (Å²) in [6, 6.07) is 11.3. The largest absolute Gasteiger partial charge is 0.416 e. The fourth-order valence-electron chi connectivity index (χ4n) is 1.65. The van der Waals surface area contributed by atoms with Gasteiger partial charge in [-0.2, -0.15) is 13.2 Å². The second kappa shape index (κ2) is 5.84. The summed E-state index contributed by atoms with van der Waals surface area (Å²) in [6.07, 6.45) is -4.41. The highest BCUT2D eigenvalue weighted by atomic mass is 19.4. The molecule has 2 aromatic carbocycles. The summed E-state index contributed by atoms with van der Waals surface area (Å²) in [6.45, 7) is 1.94. The number of hydrogen-bond donors (Lipinski definition) is 0. The number of Topliss-reactive ketones (excluding diaryl/α,β-unsaturated/α-hetero) is 1. The van der Waals surface area contributed by atoms with E-state index in [9.17, 15) is 18.0 Å². The van der Waals surface area contributed by atoms with E-state index in [1.54, 1.807) is 12.1 Å². The number of aryl methyl sites for hydroxylation is 1. The Hall–Kier alpha value is -2.54. The van der Waals surface area contributed by atoms with Crippen LogP contribution in [0.25, 0.3) is 0 Å². The highest BCUT2D eigenvalue weighted by Gasteiger charge is 2.30. The number of rotatable bonds is 1. The fraction of sp³-hybridized carbons (Fsp3) is 0.118. The van der Waals surface area contributed by atoms with Crippen molar-refractivity contribution < 1.29 is 18.0 Å². The molecule has 0 atom stereocenters. The maximum Gasteiger partial charge on any atom is 0.416 e. The first kappa shape index (κ1) is 14.9. The predicted octanol–water partition coefficient (Wildman–Crippen LogP) is 4.25. The van der Waals surface area contributed by atoms with Crippen LogP contribution in [0.15, 0.2) is 48.5 Å². The van der Waals surface area contributed by atoms with E-state index in [0.29, 0.717) is 5.56 Å². The molecule has 0 saturated carbocycles. The topological polar surface area (TPSA) is 17.1 Å². The van der Waals surface area contributed by atoms with Crippen molar-refractivity contribution >= 4 is 5.78 Å². The molecule has 0 aromatic heterocycles. The number of alkyl halides is 3. The van der Waals surface area contributed by atoms with Gasteiger partial charge in [0.15, 0.2) is 0 Å². The van der Waals surface area contributed by atoms with Crippen LogP contribution in [-0.4, -0.2) is 5.78 Å². The van der Waals surface area contributed by atoms with Gasteiger partial charge in [-0.05, 0) is 49.2 Å². The van der Waals surface area contributed by atoms with E-state index in [2.05, 4.69) is 11.8 Å². The zero-order valence-electron chi connectivity index (χ0n) is 11.2. The van der Waals surface area contributed by atoms with E-state index >= 15 is 0 Å². The predicted molar refractivity (Wildman–Crippen MR) is 73.8 cm³/mol. The van der Waals surface area contributed by atoms with Crippen LogP contribution in [0.5, 0.6) is 0 Å². The van der Waals surface area contributed by atoms with Crippen LogP contribution in [0.3, 0.4) is 0 Å². The average Bonchev–Trinajstić information content (AvgIpc) is 2.45. The van der Waals surface area contributed by atoms with E-state index in [1.165, 1.54) is 0 Å². The molecule has 4 heteroatoms. The van der Waals surface area contributed by atoms with Gasteiger partial charge in [-0.25, -0.2) is 0 Å². The second-order valence-corrected chi connectivity index (χ2v) is 4.52. The van der Waals surface area contributed by atoms with E-state index in [1.807, 2.05) is 19.1 Å². The van der Waals surface area contributed by atoms with Gasteiger partial charge in [0.25, 0.3) is 0 Å². The summed E-state index contributed by atoms with van der Waals surface area (Å²) in [5.41, 5.74) is 1.11. The van der Waals surface area contributed by atoms with E-state index in [4.69, 9.17) is 0 Å². The number of benzene rings is 2. The Labute approximate surface area is 120 Å². The van der Waals surface area contributed by atoms with Crippen molar-refractivity contribution in [1.82, 2.24) is 0 Å². The third kappa shape index (κ3) is 3.96. The summed E-state index contributed by atoms with van der Waals surface area (Å²) >= 11 is 0. The van der Waals surface area contributed by atoms with Crippen molar-refractivity contribution in [2.24, 2.45) is 0 Å². The monoisotopic (exact) mass is 288 g/mol. The summed E-state index contributed by atoms with van der Waals surface area (Å²) in [7, 11) is 0. The molecule has 0 aliphatic carbocycles. The number of carbonyl (C=O) groups is 1. The Kier molecular flexibility index (Phi) is 4.13. The number of ketones is 1. The Morgan fingerprint density at radius 1 is 0.952 bits per heavy atom. The lowest BCUT2D eigenvalue weighted by atomic mass is 10.1. The molecule has 2 aromatic rings. The molecule has 0 aliphatic heterocycles. The summed E-state index contributed by atoms with van der Waals surface area (Å²) < 4.78 is 37.2. The van der Waals surface area contributed by atoms with Gasteiger partial charge >= 0.3 is 6.18 Å². The van der Waals surface area contributed by atoms with Gasteiger partial charge < -0.3 is 0 Å². The van der Waals surface area contributed by atoms with Crippen molar-refractivity contribution in [3.63, 3.8) is 0 Å². The quantitative estimate of drug-likeness (QED) is 0.566. The van der Waals surface area contributed by atoms with Gasteiger partial charge in [0.1, 0.15) is 0 Å². The van der Waals surface area contributed by atoms with E-state index in [0.717, 1.165) is 29.8 Å². The van der Waals surface area contributed by atoms with Gasteiger partial charge in [0.05, 0.1) is 5.56 Å². The third-order valence-electron chi connectivity index (χ3n) is 2.85. The Morgan fingerprint density at radius 2 is 1.52 bits per heavy atom. The molecule has 0 aliphatic rings. The number of carbonyl (C=O) groups excluding carboxylic acids is 1. The SMILES string of the molecule is Cc1ccc(C#CC(=O)c2ccc(C(F)(F)F)cc2)cc1. The lowest BCUT2D eigenvalue weighted by Crippen LogP contribution is -2.05. The first-order valence-electron chi connectivity index (χ1n) is 6.16. The maximum absolute atomic E-state index is 12.4. The first-order chi connectivity index (χ1) is 9.86. The highest BCUT2D eigenvalue weighted by Crippen LogP contribution is 2.29. The number of halogens is 3. The molecular formula is C17H11F3O. The van der Waals surface area contributed by atoms with Gasteiger partial charge in [0.2, 0.25) is 5.78 Å². The minimum Gasteiger partial charge on any atom is -0.279 e. The van der Waals surface area contributed by atoms with Crippen LogP contribution in [0.2, 0.25) is 0 Å². The molecule has 0 N–H and O–H groups in total. The molecule has 0 spiro atoms. The molecule has 0 saturated heterocycles. The van der Waals surface area contributed by atoms with Crippen molar-refractivity contribution in [1.29, 1.82) is 0 Å². The fourth-order valence-corrected chi connectivity index (χ4v) is 1.65. The van der Waals surface area contributed by atoms with E-state index < -0.39 is 17.5 Å². The molecule has 2 rings (SSSR count). The normalized spacial score (nSPS) is 10.7. The zero-order chi connectivity index (χ0) is 15.5. The molecule has 1 nitrogen and oxygen atoms in total. The van der Waals surface area contributed by atoms with Crippen LogP contribution in [0.4, 0.5) is 13.2 Å². The lowest BCUT2D eigenvalue weighted by molar-refractivity contribution is -0.137. The molecule has 21 heavy (non-hydrogen) atoms. The summed E-state index contributed by atoms with van der Waals surface area (Å²) in [5, 5.41) is 0. The molecular weight excluding hydrogens is 277 g/mol. The van der Waals surface area contributed by atoms with Crippen molar-refractivity contribution in [3.8, 4) is 11.8 Å². The summed E-state index contributed by atoms with van der Waals surface area (Å²) in [5.74, 6) is 4.61. The molecule has 0 amide bonds. The van der Waals surface area contributed by atoms with Crippen LogP contribution < -0.4 is 0 Å². The highest BCUT2D eigenvalue weighted by molar-refractivity contribution is 6.09. The lowest BCUT2D eigenvalue weighted by Gasteiger charge is -2.05. The third-order valence-corrected chi connectivity index (χ3v) is 2.85. The Balaban J connectivity index is 2.16. The van der Waals surface area contributed by atoms with Crippen molar-refractivity contribution in [3.05, 3.63) is 70.8 Å². The smallest absolute Gasteiger partial charge is 0.279 e. The van der Waals surface area contributed by atoms with Crippen LogP contribution in [0.1, 0.15) is 27.0 Å². The van der Waals surface area contributed by atoms with Crippen molar-refractivity contribution in [2.45, 2.75) is 13.1 Å². The molecule has 106 valence electrons. The van der Waals surface area contributed by atoms with Gasteiger partial charge in [-0.15, -0.1) is 0 Å². The minimum absolute atomic E-state index is 0.141. The Bertz CT molecular complexity index is 699. The molecule has 0 heterocycles. The van der Waals surface area contributed by atoms with Gasteiger partial charge in [-0.3, -0.25) is 4.79 Å². The first-order valence-corrected chi connectivity index (χ1v) is 6.16. The maximum atomic E-state index is 12.4. The standard InChI is InChI=1S/C17H11F3O/c1-12-2-4-13(5-3-12)6-11-16(21)14-7-9-15(10-8-14)17(18,19)20/h2-5,7-10H,1H3. The zero-order valence-corrected chi connectivity index (χ0v) is 11.2. The second-order valence-electron chi connectivity index (χ2n) is 4.52. The van der Waals surface area contributed by atoms with Crippen LogP contribution >= 0.6 is 0 Å². The summed E-state index contributed by atoms with van der Waals surface area (Å²) in [4.78, 5) is 11.8. The van der Waals surface area contributed by atoms with Crippen LogP contribution in [0, 0.1) is 18.8 Å². The van der Waals surface area contributed by atoms with Gasteiger partial charge in [-0.1, -0.05) is 23.6 Å². The molecule has 0 fully saturated rings. The average molecular weight is 288 g/mol. The molecule has 0 bridgehead atoms. The molecule has 0 radical (unpaired) electrons. The van der Waals surface area contributed by atoms with Crippen molar-refractivity contribution in [2.75, 3.05) is 0 Å².